The van der Waals surface area contributed by atoms with Crippen LogP contribution in [0.1, 0.15) is 27.1 Å². The molecule has 3 amide bonds. The van der Waals surface area contributed by atoms with Gasteiger partial charge in [-0.3, -0.25) is 24.0 Å². The van der Waals surface area contributed by atoms with Crippen LogP contribution in [0.4, 0.5) is 5.69 Å². The molecule has 1 atom stereocenters. The maximum atomic E-state index is 13.1. The van der Waals surface area contributed by atoms with E-state index < -0.39 is 36.0 Å². The molecule has 2 heterocycles. The first-order valence-electron chi connectivity index (χ1n) is 11.7. The molecule has 11 heteroatoms. The van der Waals surface area contributed by atoms with Gasteiger partial charge >= 0.3 is 5.97 Å². The Balaban J connectivity index is 0.00000195. The van der Waals surface area contributed by atoms with Crippen molar-refractivity contribution in [1.82, 2.24) is 14.8 Å². The third-order valence-corrected chi connectivity index (χ3v) is 6.02. The number of carbonyl (C=O) groups is 5. The number of hydrogen-bond donors (Lipinski definition) is 4. The number of aliphatic carboxylic acids is 1. The Labute approximate surface area is 218 Å². The Morgan fingerprint density at radius 2 is 1.58 bits per heavy atom. The first kappa shape index (κ1) is 27.6. The average Bonchev–Trinajstić information content (AvgIpc) is 3.38. The summed E-state index contributed by atoms with van der Waals surface area (Å²) in [5.41, 5.74) is 7.04. The molecule has 11 nitrogen and oxygen atoms in total. The number of hydrogen-bond acceptors (Lipinski definition) is 6. The van der Waals surface area contributed by atoms with Gasteiger partial charge in [0.25, 0.3) is 17.6 Å². The molecule has 1 saturated heterocycles. The zero-order valence-corrected chi connectivity index (χ0v) is 20.4. The van der Waals surface area contributed by atoms with Crippen molar-refractivity contribution in [2.24, 2.45) is 5.73 Å². The Morgan fingerprint density at radius 3 is 2.21 bits per heavy atom. The molecular weight excluding hydrogens is 490 g/mol. The summed E-state index contributed by atoms with van der Waals surface area (Å²) in [5.74, 6) is -3.40. The number of carbonyl (C=O) groups excluding carboxylic acids is 4. The van der Waals surface area contributed by atoms with E-state index in [0.717, 1.165) is 0 Å². The highest BCUT2D eigenvalue weighted by Crippen LogP contribution is 2.26. The second-order valence-electron chi connectivity index (χ2n) is 8.40. The highest BCUT2D eigenvalue weighted by atomic mass is 16.4. The molecule has 196 valence electrons. The fourth-order valence-corrected chi connectivity index (χ4v) is 4.09. The van der Waals surface area contributed by atoms with Gasteiger partial charge in [-0.2, -0.15) is 0 Å². The lowest BCUT2D eigenvalue weighted by Crippen LogP contribution is -2.52. The highest BCUT2D eigenvalue weighted by molar-refractivity contribution is 6.45. The fourth-order valence-electron chi connectivity index (χ4n) is 4.09. The number of para-hydroxylation sites is 1. The van der Waals surface area contributed by atoms with Crippen molar-refractivity contribution >= 4 is 46.1 Å². The molecule has 0 radical (unpaired) electrons. The number of Topliss-reactive ketones (excluding diaryl/α,β-unsaturated/α-hetero) is 1. The van der Waals surface area contributed by atoms with Gasteiger partial charge < -0.3 is 30.9 Å². The molecule has 3 aromatic rings. The maximum Gasteiger partial charge on any atom is 0.305 e. The lowest BCUT2D eigenvalue weighted by atomic mass is 10.1. The summed E-state index contributed by atoms with van der Waals surface area (Å²) in [6, 6.07) is 12.4. The first-order chi connectivity index (χ1) is 18.3. The number of aromatic nitrogens is 1. The van der Waals surface area contributed by atoms with Gasteiger partial charge in [0.2, 0.25) is 5.91 Å². The van der Waals surface area contributed by atoms with Crippen LogP contribution in [0.5, 0.6) is 0 Å². The Bertz CT molecular complexity index is 1370. The number of terminal acetylenes is 1. The predicted octanol–water partition coefficient (Wildman–Crippen LogP) is 1.33. The summed E-state index contributed by atoms with van der Waals surface area (Å²) in [4.78, 5) is 67.7. The van der Waals surface area contributed by atoms with Gasteiger partial charge in [0.05, 0.1) is 29.2 Å². The number of nitrogens with one attached hydrogen (secondary N) is 2. The molecule has 1 aliphatic rings. The normalized spacial score (nSPS) is 13.7. The van der Waals surface area contributed by atoms with Crippen molar-refractivity contribution in [3.8, 4) is 12.8 Å². The minimum atomic E-state index is -1.25. The van der Waals surface area contributed by atoms with Crippen molar-refractivity contribution in [3.05, 3.63) is 65.9 Å². The second kappa shape index (κ2) is 12.3. The molecule has 1 aliphatic heterocycles. The molecule has 0 bridgehead atoms. The molecule has 4 rings (SSSR count). The van der Waals surface area contributed by atoms with Gasteiger partial charge in [-0.05, 0) is 18.2 Å². The molecule has 0 saturated carbocycles. The Morgan fingerprint density at radius 1 is 0.947 bits per heavy atom. The van der Waals surface area contributed by atoms with Crippen LogP contribution in [0.15, 0.2) is 54.7 Å². The third-order valence-electron chi connectivity index (χ3n) is 6.02. The van der Waals surface area contributed by atoms with E-state index in [1.165, 1.54) is 11.1 Å². The number of nitrogens with two attached hydrogens (primary N) is 1. The monoisotopic (exact) mass is 517 g/mol. The first-order valence-corrected chi connectivity index (χ1v) is 11.7. The fraction of sp³-hybridized carbons (Fsp3) is 0.222. The number of benzene rings is 2. The van der Waals surface area contributed by atoms with Crippen molar-refractivity contribution < 1.29 is 29.1 Å². The molecular formula is C27H27N5O6. The van der Waals surface area contributed by atoms with Crippen LogP contribution in [0.3, 0.4) is 0 Å². The van der Waals surface area contributed by atoms with E-state index in [9.17, 15) is 24.0 Å². The number of carboxylic acids is 1. The Kier molecular flexibility index (Phi) is 8.97. The minimum absolute atomic E-state index is 0.122. The number of aromatic amines is 1. The molecule has 0 aliphatic carbocycles. The van der Waals surface area contributed by atoms with Crippen molar-refractivity contribution in [1.29, 1.82) is 0 Å². The number of fused-ring (bicyclic) bond motifs is 1. The Hall–Kier alpha value is -4.95. The number of carboxylic acid groups (broad SMARTS) is 1. The highest BCUT2D eigenvalue weighted by Gasteiger charge is 2.30. The van der Waals surface area contributed by atoms with Gasteiger partial charge in [0, 0.05) is 43.3 Å². The molecule has 2 aromatic carbocycles. The standard InChI is InChI=1S/C25H25N5O6.C2H2/c26-18(13-20(31)32)23(34)28-19-8-4-7-16-17(14-27-21(16)19)22(33)25(36)30-11-9-29(10-12-30)24(35)15-5-2-1-3-6-15;1-2/h1-8,14,18,27H,9-13,26H2,(H,28,34)(H,31,32);1-2H. The van der Waals surface area contributed by atoms with Crippen molar-refractivity contribution in [3.63, 3.8) is 0 Å². The summed E-state index contributed by atoms with van der Waals surface area (Å²) in [7, 11) is 0. The maximum absolute atomic E-state index is 13.1. The predicted molar refractivity (Wildman–Crippen MR) is 140 cm³/mol. The second-order valence-corrected chi connectivity index (χ2v) is 8.40. The molecule has 1 aromatic heterocycles. The van der Waals surface area contributed by atoms with Crippen molar-refractivity contribution in [2.75, 3.05) is 31.5 Å². The van der Waals surface area contributed by atoms with Crippen LogP contribution in [0.2, 0.25) is 0 Å². The summed E-state index contributed by atoms with van der Waals surface area (Å²) in [6.45, 7) is 1.09. The number of nitrogens with zero attached hydrogens (tertiary/aromatic N) is 2. The SMILES string of the molecule is C#C.NC(CC(=O)O)C(=O)Nc1cccc2c(C(=O)C(=O)N3CCN(C(=O)c4ccccc4)CC3)c[nH]c12. The van der Waals surface area contributed by atoms with Gasteiger partial charge in [0.15, 0.2) is 0 Å². The zero-order valence-electron chi connectivity index (χ0n) is 20.4. The summed E-state index contributed by atoms with van der Waals surface area (Å²) in [6.07, 6.45) is 8.86. The summed E-state index contributed by atoms with van der Waals surface area (Å²) >= 11 is 0. The van der Waals surface area contributed by atoms with E-state index in [0.29, 0.717) is 35.2 Å². The molecule has 0 spiro atoms. The lowest BCUT2D eigenvalue weighted by molar-refractivity contribution is -0.138. The zero-order chi connectivity index (χ0) is 27.8. The molecule has 1 unspecified atom stereocenters. The topological polar surface area (TPSA) is 166 Å². The lowest BCUT2D eigenvalue weighted by Gasteiger charge is -2.34. The minimum Gasteiger partial charge on any atom is -0.481 e. The van der Waals surface area contributed by atoms with Crippen LogP contribution in [0.25, 0.3) is 10.9 Å². The molecule has 1 fully saturated rings. The van der Waals surface area contributed by atoms with Gasteiger partial charge in [-0.25, -0.2) is 0 Å². The van der Waals surface area contributed by atoms with E-state index >= 15 is 0 Å². The van der Waals surface area contributed by atoms with E-state index in [-0.39, 0.29) is 24.6 Å². The van der Waals surface area contributed by atoms with Gasteiger partial charge in [0.1, 0.15) is 0 Å². The summed E-state index contributed by atoms with van der Waals surface area (Å²) < 4.78 is 0. The van der Waals surface area contributed by atoms with Crippen LogP contribution in [-0.2, 0) is 14.4 Å². The van der Waals surface area contributed by atoms with E-state index in [2.05, 4.69) is 23.1 Å². The van der Waals surface area contributed by atoms with E-state index in [1.54, 1.807) is 47.4 Å². The van der Waals surface area contributed by atoms with Crippen molar-refractivity contribution in [2.45, 2.75) is 12.5 Å². The van der Waals surface area contributed by atoms with Gasteiger partial charge in [-0.1, -0.05) is 30.3 Å². The molecule has 5 N–H and O–H groups in total. The smallest absolute Gasteiger partial charge is 0.305 e. The number of piperazine rings is 1. The van der Waals surface area contributed by atoms with E-state index in [1.807, 2.05) is 6.07 Å². The quantitative estimate of drug-likeness (QED) is 0.208. The van der Waals surface area contributed by atoms with Crippen LogP contribution >= 0.6 is 0 Å². The third kappa shape index (κ3) is 6.05. The van der Waals surface area contributed by atoms with E-state index in [4.69, 9.17) is 10.8 Å². The summed E-state index contributed by atoms with van der Waals surface area (Å²) in [5, 5.41) is 11.8. The largest absolute Gasteiger partial charge is 0.481 e. The number of H-pyrrole nitrogens is 1. The molecule has 38 heavy (non-hydrogen) atoms. The van der Waals surface area contributed by atoms with Crippen LogP contribution in [0, 0.1) is 12.8 Å². The number of amides is 3. The van der Waals surface area contributed by atoms with Crippen LogP contribution < -0.4 is 11.1 Å². The average molecular weight is 518 g/mol. The number of anilines is 1. The van der Waals surface area contributed by atoms with Crippen LogP contribution in [-0.4, -0.2) is 81.6 Å². The number of ketones is 1. The number of rotatable bonds is 7. The van der Waals surface area contributed by atoms with Gasteiger partial charge in [-0.15, -0.1) is 12.8 Å².